The SMILES string of the molecule is O=C1C(=Cc2ccc(-c3ccccc3)o2)SC(=S)N1C1CCCCC1. The van der Waals surface area contributed by atoms with E-state index in [0.717, 1.165) is 24.2 Å². The first-order valence-electron chi connectivity index (χ1n) is 8.65. The summed E-state index contributed by atoms with van der Waals surface area (Å²) >= 11 is 6.85. The van der Waals surface area contributed by atoms with Crippen LogP contribution in [-0.4, -0.2) is 21.2 Å². The fourth-order valence-corrected chi connectivity index (χ4v) is 4.83. The summed E-state index contributed by atoms with van der Waals surface area (Å²) in [6.07, 6.45) is 7.54. The number of carbonyl (C=O) groups is 1. The fraction of sp³-hybridized carbons (Fsp3) is 0.300. The maximum atomic E-state index is 12.8. The highest BCUT2D eigenvalue weighted by Crippen LogP contribution is 2.37. The maximum absolute atomic E-state index is 12.8. The van der Waals surface area contributed by atoms with Crippen LogP contribution < -0.4 is 0 Å². The minimum Gasteiger partial charge on any atom is -0.457 e. The van der Waals surface area contributed by atoms with E-state index in [1.54, 1.807) is 0 Å². The number of rotatable bonds is 3. The Morgan fingerprint density at radius 1 is 1.08 bits per heavy atom. The normalized spacial score (nSPS) is 20.6. The molecule has 1 saturated carbocycles. The van der Waals surface area contributed by atoms with E-state index in [0.29, 0.717) is 15.0 Å². The molecule has 0 radical (unpaired) electrons. The molecule has 2 aromatic rings. The minimum absolute atomic E-state index is 0.0274. The van der Waals surface area contributed by atoms with Crippen LogP contribution in [0.15, 0.2) is 51.8 Å². The highest BCUT2D eigenvalue weighted by molar-refractivity contribution is 8.26. The largest absolute Gasteiger partial charge is 0.457 e. The van der Waals surface area contributed by atoms with Crippen molar-refractivity contribution in [1.29, 1.82) is 0 Å². The molecular weight excluding hydrogens is 350 g/mol. The Hall–Kier alpha value is -1.85. The maximum Gasteiger partial charge on any atom is 0.266 e. The van der Waals surface area contributed by atoms with Crippen LogP contribution in [0.25, 0.3) is 17.4 Å². The summed E-state index contributed by atoms with van der Waals surface area (Å²) in [5, 5.41) is 0. The van der Waals surface area contributed by atoms with Gasteiger partial charge in [-0.25, -0.2) is 0 Å². The molecule has 0 N–H and O–H groups in total. The van der Waals surface area contributed by atoms with Gasteiger partial charge in [0.15, 0.2) is 0 Å². The second kappa shape index (κ2) is 7.18. The number of thiocarbonyl (C=S) groups is 1. The molecule has 3 nitrogen and oxygen atoms in total. The second-order valence-corrected chi connectivity index (χ2v) is 8.09. The van der Waals surface area contributed by atoms with Crippen molar-refractivity contribution in [2.75, 3.05) is 0 Å². The zero-order chi connectivity index (χ0) is 17.2. The third kappa shape index (κ3) is 3.44. The molecule has 0 unspecified atom stereocenters. The molecule has 1 saturated heterocycles. The topological polar surface area (TPSA) is 33.5 Å². The first-order valence-corrected chi connectivity index (χ1v) is 9.87. The van der Waals surface area contributed by atoms with Crippen molar-refractivity contribution in [3.8, 4) is 11.3 Å². The van der Waals surface area contributed by atoms with Gasteiger partial charge in [-0.1, -0.05) is 73.6 Å². The highest BCUT2D eigenvalue weighted by atomic mass is 32.2. The van der Waals surface area contributed by atoms with Gasteiger partial charge in [0.2, 0.25) is 0 Å². The van der Waals surface area contributed by atoms with E-state index < -0.39 is 0 Å². The van der Waals surface area contributed by atoms with Crippen molar-refractivity contribution in [3.05, 3.63) is 53.1 Å². The summed E-state index contributed by atoms with van der Waals surface area (Å²) in [5.41, 5.74) is 1.02. The van der Waals surface area contributed by atoms with Crippen molar-refractivity contribution in [1.82, 2.24) is 4.90 Å². The van der Waals surface area contributed by atoms with Gasteiger partial charge in [-0.15, -0.1) is 0 Å². The van der Waals surface area contributed by atoms with Crippen LogP contribution in [0.3, 0.4) is 0 Å². The van der Waals surface area contributed by atoms with Gasteiger partial charge < -0.3 is 4.42 Å². The predicted molar refractivity (Wildman–Crippen MR) is 106 cm³/mol. The summed E-state index contributed by atoms with van der Waals surface area (Å²) in [4.78, 5) is 15.3. The van der Waals surface area contributed by atoms with E-state index in [9.17, 15) is 4.79 Å². The third-order valence-electron chi connectivity index (χ3n) is 4.72. The second-order valence-electron chi connectivity index (χ2n) is 6.41. The van der Waals surface area contributed by atoms with Gasteiger partial charge in [0, 0.05) is 17.7 Å². The van der Waals surface area contributed by atoms with Crippen molar-refractivity contribution >= 4 is 40.3 Å². The summed E-state index contributed by atoms with van der Waals surface area (Å²) < 4.78 is 6.57. The molecule has 2 aliphatic rings. The fourth-order valence-electron chi connectivity index (χ4n) is 3.45. The molecule has 1 aromatic carbocycles. The molecule has 2 heterocycles. The van der Waals surface area contributed by atoms with Crippen LogP contribution in [0, 0.1) is 0 Å². The lowest BCUT2D eigenvalue weighted by Crippen LogP contribution is -2.39. The Labute approximate surface area is 157 Å². The number of hydrogen-bond acceptors (Lipinski definition) is 4. The van der Waals surface area contributed by atoms with Crippen LogP contribution in [0.5, 0.6) is 0 Å². The molecule has 25 heavy (non-hydrogen) atoms. The summed E-state index contributed by atoms with van der Waals surface area (Å²) in [7, 11) is 0. The van der Waals surface area contributed by atoms with Gasteiger partial charge in [-0.3, -0.25) is 9.69 Å². The van der Waals surface area contributed by atoms with Gasteiger partial charge in [0.25, 0.3) is 5.91 Å². The highest BCUT2D eigenvalue weighted by Gasteiger charge is 2.37. The molecule has 1 amide bonds. The zero-order valence-corrected chi connectivity index (χ0v) is 15.4. The molecule has 2 fully saturated rings. The van der Waals surface area contributed by atoms with E-state index in [2.05, 4.69) is 0 Å². The zero-order valence-electron chi connectivity index (χ0n) is 13.8. The quantitative estimate of drug-likeness (QED) is 0.530. The number of carbonyl (C=O) groups excluding carboxylic acids is 1. The molecule has 0 bridgehead atoms. The van der Waals surface area contributed by atoms with Gasteiger partial charge in [0.05, 0.1) is 4.91 Å². The molecule has 4 rings (SSSR count). The first-order chi connectivity index (χ1) is 12.2. The molecule has 0 spiro atoms. The van der Waals surface area contributed by atoms with Crippen molar-refractivity contribution in [2.24, 2.45) is 0 Å². The Morgan fingerprint density at radius 2 is 1.84 bits per heavy atom. The number of thioether (sulfide) groups is 1. The van der Waals surface area contributed by atoms with Crippen molar-refractivity contribution < 1.29 is 9.21 Å². The van der Waals surface area contributed by atoms with E-state index in [4.69, 9.17) is 16.6 Å². The molecule has 1 aromatic heterocycles. The van der Waals surface area contributed by atoms with Crippen molar-refractivity contribution in [3.63, 3.8) is 0 Å². The van der Waals surface area contributed by atoms with Crippen LogP contribution in [0.1, 0.15) is 37.9 Å². The monoisotopic (exact) mass is 369 g/mol. The van der Waals surface area contributed by atoms with Gasteiger partial charge >= 0.3 is 0 Å². The Balaban J connectivity index is 1.55. The Morgan fingerprint density at radius 3 is 2.60 bits per heavy atom. The van der Waals surface area contributed by atoms with E-state index in [-0.39, 0.29) is 11.9 Å². The van der Waals surface area contributed by atoms with Gasteiger partial charge in [-0.05, 0) is 25.0 Å². The Bertz CT molecular complexity index is 819. The van der Waals surface area contributed by atoms with Crippen molar-refractivity contribution in [2.45, 2.75) is 38.1 Å². The van der Waals surface area contributed by atoms with Crippen LogP contribution >= 0.6 is 24.0 Å². The van der Waals surface area contributed by atoms with E-state index in [1.165, 1.54) is 31.0 Å². The van der Waals surface area contributed by atoms with Gasteiger partial charge in [0.1, 0.15) is 15.8 Å². The lowest BCUT2D eigenvalue weighted by molar-refractivity contribution is -0.124. The van der Waals surface area contributed by atoms with E-state index >= 15 is 0 Å². The average molecular weight is 370 g/mol. The number of nitrogens with zero attached hydrogens (tertiary/aromatic N) is 1. The smallest absolute Gasteiger partial charge is 0.266 e. The van der Waals surface area contributed by atoms with E-state index in [1.807, 2.05) is 53.4 Å². The Kier molecular flexibility index (Phi) is 4.77. The number of hydrogen-bond donors (Lipinski definition) is 0. The average Bonchev–Trinajstić information content (AvgIpc) is 3.22. The number of benzene rings is 1. The molecule has 128 valence electrons. The van der Waals surface area contributed by atoms with Gasteiger partial charge in [-0.2, -0.15) is 0 Å². The van der Waals surface area contributed by atoms with Crippen LogP contribution in [-0.2, 0) is 4.79 Å². The third-order valence-corrected chi connectivity index (χ3v) is 6.05. The molecular formula is C20H19NO2S2. The number of amides is 1. The van der Waals surface area contributed by atoms with Crippen LogP contribution in [0.4, 0.5) is 0 Å². The standard InChI is InChI=1S/C20H19NO2S2/c22-19-18(25-20(24)21(19)15-9-5-2-6-10-15)13-16-11-12-17(23-16)14-7-3-1-4-8-14/h1,3-4,7-8,11-13,15H,2,5-6,9-10H2. The molecule has 1 aliphatic heterocycles. The molecule has 5 heteroatoms. The van der Waals surface area contributed by atoms with Crippen LogP contribution in [0.2, 0.25) is 0 Å². The molecule has 1 aliphatic carbocycles. The summed E-state index contributed by atoms with van der Waals surface area (Å²) in [6.45, 7) is 0. The first kappa shape index (κ1) is 16.6. The lowest BCUT2D eigenvalue weighted by atomic mass is 9.94. The predicted octanol–water partition coefficient (Wildman–Crippen LogP) is 5.48. The minimum atomic E-state index is 0.0274. The number of furan rings is 1. The summed E-state index contributed by atoms with van der Waals surface area (Å²) in [5.74, 6) is 1.51. The molecule has 0 atom stereocenters. The lowest BCUT2D eigenvalue weighted by Gasteiger charge is -2.29. The summed E-state index contributed by atoms with van der Waals surface area (Å²) in [6, 6.07) is 14.0.